The first-order chi connectivity index (χ1) is 12.5. The molecule has 1 saturated carbocycles. The number of para-hydroxylation sites is 1. The normalized spacial score (nSPS) is 27.7. The van der Waals surface area contributed by atoms with Crippen molar-refractivity contribution in [1.82, 2.24) is 10.2 Å². The number of rotatable bonds is 5. The number of carbonyl (C=O) groups excluding carboxylic acids is 1. The molecule has 2 fully saturated rings. The summed E-state index contributed by atoms with van der Waals surface area (Å²) in [5.74, 6) is 1.94. The largest absolute Gasteiger partial charge is 0.487 e. The number of likely N-dealkylation sites (tertiary alicyclic amines) is 1. The van der Waals surface area contributed by atoms with Gasteiger partial charge in [0.2, 0.25) is 0 Å². The van der Waals surface area contributed by atoms with Gasteiger partial charge in [-0.05, 0) is 31.7 Å². The molecule has 0 spiro atoms. The predicted octanol–water partition coefficient (Wildman–Crippen LogP) is 3.40. The number of benzene rings is 1. The van der Waals surface area contributed by atoms with E-state index >= 15 is 0 Å². The van der Waals surface area contributed by atoms with Crippen LogP contribution in [0.5, 0.6) is 5.75 Å². The number of nitrogens with zero attached hydrogens (tertiary/aromatic N) is 1. The third-order valence-electron chi connectivity index (χ3n) is 6.71. The lowest BCUT2D eigenvalue weighted by molar-refractivity contribution is -0.0943. The minimum Gasteiger partial charge on any atom is -0.487 e. The molecule has 26 heavy (non-hydrogen) atoms. The fourth-order valence-corrected chi connectivity index (χ4v) is 4.93. The highest BCUT2D eigenvalue weighted by Gasteiger charge is 2.52. The molecular weight excluding hydrogens is 328 g/mol. The number of hydrogen-bond acceptors (Lipinski definition) is 3. The van der Waals surface area contributed by atoms with Gasteiger partial charge in [0, 0.05) is 37.1 Å². The number of urea groups is 1. The van der Waals surface area contributed by atoms with Crippen molar-refractivity contribution in [2.75, 3.05) is 26.8 Å². The number of fused-ring (bicyclic) bond motifs is 1. The molecule has 0 radical (unpaired) electrons. The Morgan fingerprint density at radius 3 is 2.73 bits per heavy atom. The summed E-state index contributed by atoms with van der Waals surface area (Å²) in [6.07, 6.45) is 3.85. The van der Waals surface area contributed by atoms with Crippen LogP contribution in [0.2, 0.25) is 0 Å². The minimum absolute atomic E-state index is 0.0204. The van der Waals surface area contributed by atoms with E-state index in [-0.39, 0.29) is 29.5 Å². The van der Waals surface area contributed by atoms with Crippen LogP contribution in [0.1, 0.15) is 44.6 Å². The molecule has 2 heterocycles. The van der Waals surface area contributed by atoms with E-state index in [4.69, 9.17) is 9.47 Å². The summed E-state index contributed by atoms with van der Waals surface area (Å²) in [4.78, 5) is 14.6. The second kappa shape index (κ2) is 6.76. The van der Waals surface area contributed by atoms with E-state index in [2.05, 4.69) is 18.3 Å². The van der Waals surface area contributed by atoms with Crippen LogP contribution in [0.3, 0.4) is 0 Å². The van der Waals surface area contributed by atoms with Crippen LogP contribution in [-0.4, -0.2) is 49.9 Å². The Bertz CT molecular complexity index is 667. The first-order valence-corrected chi connectivity index (χ1v) is 9.84. The first kappa shape index (κ1) is 17.7. The lowest BCUT2D eigenvalue weighted by atomic mass is 9.61. The molecule has 1 saturated heterocycles. The van der Waals surface area contributed by atoms with E-state index in [0.717, 1.165) is 31.4 Å². The molecule has 1 aliphatic carbocycles. The quantitative estimate of drug-likeness (QED) is 0.878. The van der Waals surface area contributed by atoms with Crippen LogP contribution in [0.4, 0.5) is 4.79 Å². The van der Waals surface area contributed by atoms with Crippen LogP contribution in [-0.2, 0) is 4.74 Å². The maximum Gasteiger partial charge on any atom is 0.317 e. The Morgan fingerprint density at radius 2 is 2.12 bits per heavy atom. The molecule has 5 heteroatoms. The maximum absolute atomic E-state index is 12.7. The van der Waals surface area contributed by atoms with Gasteiger partial charge in [-0.3, -0.25) is 0 Å². The van der Waals surface area contributed by atoms with Gasteiger partial charge in [-0.15, -0.1) is 0 Å². The second-order valence-electron chi connectivity index (χ2n) is 8.43. The van der Waals surface area contributed by atoms with Crippen molar-refractivity contribution < 1.29 is 14.3 Å². The first-order valence-electron chi connectivity index (χ1n) is 9.84. The molecule has 3 atom stereocenters. The molecule has 1 aromatic carbocycles. The molecule has 0 aromatic heterocycles. The number of hydrogen-bond donors (Lipinski definition) is 1. The number of methoxy groups -OCH3 is 1. The molecule has 3 aliphatic rings. The lowest BCUT2D eigenvalue weighted by Gasteiger charge is -2.56. The van der Waals surface area contributed by atoms with Gasteiger partial charge >= 0.3 is 6.03 Å². The molecule has 142 valence electrons. The number of ether oxygens (including phenoxy) is 2. The molecule has 1 N–H and O–H groups in total. The van der Waals surface area contributed by atoms with Crippen LogP contribution >= 0.6 is 0 Å². The fraction of sp³-hybridized carbons (Fsp3) is 0.667. The Labute approximate surface area is 156 Å². The average Bonchev–Trinajstić information content (AvgIpc) is 2.88. The highest BCUT2D eigenvalue weighted by molar-refractivity contribution is 5.75. The summed E-state index contributed by atoms with van der Waals surface area (Å²) in [5.41, 5.74) is 1.41. The van der Waals surface area contributed by atoms with Crippen LogP contribution in [0.15, 0.2) is 24.3 Å². The van der Waals surface area contributed by atoms with Gasteiger partial charge in [0.15, 0.2) is 0 Å². The van der Waals surface area contributed by atoms with E-state index in [1.807, 2.05) is 30.0 Å². The van der Waals surface area contributed by atoms with E-state index in [0.29, 0.717) is 0 Å². The van der Waals surface area contributed by atoms with Crippen LogP contribution in [0.25, 0.3) is 0 Å². The zero-order valence-electron chi connectivity index (χ0n) is 16.0. The summed E-state index contributed by atoms with van der Waals surface area (Å²) in [6.45, 7) is 6.59. The topological polar surface area (TPSA) is 50.8 Å². The number of nitrogens with one attached hydrogen (secondary N) is 1. The Hall–Kier alpha value is -1.75. The lowest BCUT2D eigenvalue weighted by Crippen LogP contribution is -2.67. The summed E-state index contributed by atoms with van der Waals surface area (Å²) in [7, 11) is 1.77. The van der Waals surface area contributed by atoms with Gasteiger partial charge in [0.05, 0.1) is 12.6 Å². The molecule has 0 bridgehead atoms. The smallest absolute Gasteiger partial charge is 0.317 e. The van der Waals surface area contributed by atoms with E-state index in [1.165, 1.54) is 24.8 Å². The molecule has 5 nitrogen and oxygen atoms in total. The fourth-order valence-electron chi connectivity index (χ4n) is 4.93. The third kappa shape index (κ3) is 2.86. The zero-order valence-corrected chi connectivity index (χ0v) is 16.0. The highest BCUT2D eigenvalue weighted by Crippen LogP contribution is 2.48. The van der Waals surface area contributed by atoms with Crippen molar-refractivity contribution in [2.45, 2.75) is 51.2 Å². The SMILES string of the molecule is COCC1(C2CCC2)CN(C(=O)NC(C)C2Oc3ccccc3C2C)C1. The van der Waals surface area contributed by atoms with Crippen molar-refractivity contribution >= 4 is 6.03 Å². The number of amides is 2. The van der Waals surface area contributed by atoms with Crippen molar-refractivity contribution in [3.8, 4) is 5.75 Å². The van der Waals surface area contributed by atoms with Gasteiger partial charge in [-0.1, -0.05) is 31.5 Å². The van der Waals surface area contributed by atoms with E-state index < -0.39 is 0 Å². The van der Waals surface area contributed by atoms with Gasteiger partial charge in [0.25, 0.3) is 0 Å². The molecule has 2 aliphatic heterocycles. The minimum atomic E-state index is -0.0361. The van der Waals surface area contributed by atoms with Crippen molar-refractivity contribution in [1.29, 1.82) is 0 Å². The Kier molecular flexibility index (Phi) is 4.59. The number of carbonyl (C=O) groups is 1. The highest BCUT2D eigenvalue weighted by atomic mass is 16.5. The van der Waals surface area contributed by atoms with E-state index in [9.17, 15) is 4.79 Å². The van der Waals surface area contributed by atoms with Gasteiger partial charge in [-0.2, -0.15) is 0 Å². The zero-order chi connectivity index (χ0) is 18.3. The monoisotopic (exact) mass is 358 g/mol. The standard InChI is InChI=1S/C21H30N2O3/c1-14-17-9-4-5-10-18(17)26-19(14)15(2)22-20(24)23-11-21(12-23,13-25-3)16-7-6-8-16/h4-5,9-10,14-16,19H,6-8,11-13H2,1-3H3,(H,22,24). The third-order valence-corrected chi connectivity index (χ3v) is 6.71. The van der Waals surface area contributed by atoms with Gasteiger partial charge < -0.3 is 19.7 Å². The molecule has 2 amide bonds. The van der Waals surface area contributed by atoms with Crippen molar-refractivity contribution in [3.63, 3.8) is 0 Å². The molecular formula is C21H30N2O3. The maximum atomic E-state index is 12.7. The van der Waals surface area contributed by atoms with Gasteiger partial charge in [0.1, 0.15) is 11.9 Å². The summed E-state index contributed by atoms with van der Waals surface area (Å²) < 4.78 is 11.6. The molecule has 4 rings (SSSR count). The van der Waals surface area contributed by atoms with E-state index in [1.54, 1.807) is 7.11 Å². The van der Waals surface area contributed by atoms with Gasteiger partial charge in [-0.25, -0.2) is 4.79 Å². The summed E-state index contributed by atoms with van der Waals surface area (Å²) >= 11 is 0. The Morgan fingerprint density at radius 1 is 1.38 bits per heavy atom. The summed E-state index contributed by atoms with van der Waals surface area (Å²) in [6, 6.07) is 8.14. The van der Waals surface area contributed by atoms with Crippen LogP contribution < -0.4 is 10.1 Å². The van der Waals surface area contributed by atoms with Crippen LogP contribution in [0, 0.1) is 11.3 Å². The average molecular weight is 358 g/mol. The van der Waals surface area contributed by atoms with Crippen molar-refractivity contribution in [3.05, 3.63) is 29.8 Å². The molecule has 3 unspecified atom stereocenters. The second-order valence-corrected chi connectivity index (χ2v) is 8.43. The predicted molar refractivity (Wildman–Crippen MR) is 100 cm³/mol. The Balaban J connectivity index is 1.33. The molecule has 1 aromatic rings. The van der Waals surface area contributed by atoms with Crippen molar-refractivity contribution in [2.24, 2.45) is 11.3 Å². The summed E-state index contributed by atoms with van der Waals surface area (Å²) in [5, 5.41) is 3.17.